The van der Waals surface area contributed by atoms with E-state index in [1.807, 2.05) is 31.4 Å². The Morgan fingerprint density at radius 2 is 2.23 bits per heavy atom. The summed E-state index contributed by atoms with van der Waals surface area (Å²) in [6, 6.07) is 5.85. The molecule has 0 unspecified atom stereocenters. The van der Waals surface area contributed by atoms with Crippen LogP contribution >= 0.6 is 11.8 Å². The highest BCUT2D eigenvalue weighted by Crippen LogP contribution is 2.23. The van der Waals surface area contributed by atoms with Gasteiger partial charge in [-0.15, -0.1) is 11.8 Å². The van der Waals surface area contributed by atoms with Crippen molar-refractivity contribution in [2.75, 3.05) is 6.26 Å². The van der Waals surface area contributed by atoms with Crippen molar-refractivity contribution in [1.82, 2.24) is 0 Å². The molecule has 2 nitrogen and oxygen atoms in total. The lowest BCUT2D eigenvalue weighted by Crippen LogP contribution is -2.03. The van der Waals surface area contributed by atoms with Crippen molar-refractivity contribution >= 4 is 17.7 Å². The van der Waals surface area contributed by atoms with Gasteiger partial charge in [-0.05, 0) is 30.4 Å². The second kappa shape index (κ2) is 4.33. The Hall–Kier alpha value is -0.960. The minimum atomic E-state index is -0.774. The van der Waals surface area contributed by atoms with Crippen molar-refractivity contribution in [3.8, 4) is 0 Å². The zero-order valence-corrected chi connectivity index (χ0v) is 8.52. The number of carboxylic acids is 1. The highest BCUT2D eigenvalue weighted by Gasteiger charge is 2.08. The summed E-state index contributed by atoms with van der Waals surface area (Å²) in [4.78, 5) is 11.6. The van der Waals surface area contributed by atoms with Gasteiger partial charge in [0.25, 0.3) is 0 Å². The molecule has 1 N–H and O–H groups in total. The highest BCUT2D eigenvalue weighted by molar-refractivity contribution is 7.98. The molecule has 1 aromatic carbocycles. The number of aryl methyl sites for hydroxylation is 1. The average molecular weight is 196 g/mol. The van der Waals surface area contributed by atoms with Crippen LogP contribution in [0.15, 0.2) is 23.1 Å². The minimum Gasteiger partial charge on any atom is -0.481 e. The van der Waals surface area contributed by atoms with E-state index in [0.29, 0.717) is 0 Å². The highest BCUT2D eigenvalue weighted by atomic mass is 32.2. The third-order valence-corrected chi connectivity index (χ3v) is 2.74. The van der Waals surface area contributed by atoms with Gasteiger partial charge in [0.15, 0.2) is 0 Å². The Kier molecular flexibility index (Phi) is 3.37. The Morgan fingerprint density at radius 3 is 2.77 bits per heavy atom. The van der Waals surface area contributed by atoms with Gasteiger partial charge in [-0.1, -0.05) is 12.1 Å². The molecule has 0 saturated carbocycles. The van der Waals surface area contributed by atoms with Crippen LogP contribution < -0.4 is 0 Å². The van der Waals surface area contributed by atoms with Crippen LogP contribution in [0.3, 0.4) is 0 Å². The maximum atomic E-state index is 10.6. The molecule has 3 heteroatoms. The van der Waals surface area contributed by atoms with E-state index in [1.165, 1.54) is 0 Å². The Labute approximate surface area is 82.0 Å². The Balaban J connectivity index is 3.07. The summed E-state index contributed by atoms with van der Waals surface area (Å²) >= 11 is 1.59. The predicted molar refractivity (Wildman–Crippen MR) is 54.3 cm³/mol. The van der Waals surface area contributed by atoms with Gasteiger partial charge >= 0.3 is 5.97 Å². The summed E-state index contributed by atoms with van der Waals surface area (Å²) in [6.07, 6.45) is 2.07. The maximum absolute atomic E-state index is 10.6. The van der Waals surface area contributed by atoms with E-state index >= 15 is 0 Å². The third-order valence-electron chi connectivity index (χ3n) is 1.92. The molecule has 0 atom stereocenters. The molecule has 0 aliphatic heterocycles. The molecule has 0 aliphatic rings. The van der Waals surface area contributed by atoms with E-state index in [-0.39, 0.29) is 6.42 Å². The lowest BCUT2D eigenvalue weighted by Gasteiger charge is -2.07. The van der Waals surface area contributed by atoms with Crippen LogP contribution in [-0.4, -0.2) is 17.3 Å². The molecular weight excluding hydrogens is 184 g/mol. The smallest absolute Gasteiger partial charge is 0.307 e. The zero-order chi connectivity index (χ0) is 9.84. The predicted octanol–water partition coefficient (Wildman–Crippen LogP) is 2.34. The second-order valence-corrected chi connectivity index (χ2v) is 3.67. The largest absolute Gasteiger partial charge is 0.481 e. The number of aliphatic carboxylic acids is 1. The summed E-state index contributed by atoms with van der Waals surface area (Å²) in [5, 5.41) is 8.70. The van der Waals surface area contributed by atoms with Gasteiger partial charge in [0, 0.05) is 4.90 Å². The van der Waals surface area contributed by atoms with Gasteiger partial charge < -0.3 is 5.11 Å². The van der Waals surface area contributed by atoms with Crippen molar-refractivity contribution in [3.05, 3.63) is 29.3 Å². The number of carbonyl (C=O) groups is 1. The molecule has 0 saturated heterocycles. The second-order valence-electron chi connectivity index (χ2n) is 2.83. The number of hydrogen-bond donors (Lipinski definition) is 1. The maximum Gasteiger partial charge on any atom is 0.307 e. The van der Waals surface area contributed by atoms with Gasteiger partial charge in [0.1, 0.15) is 0 Å². The van der Waals surface area contributed by atoms with Crippen LogP contribution in [0.1, 0.15) is 11.1 Å². The monoisotopic (exact) mass is 196 g/mol. The van der Waals surface area contributed by atoms with Crippen molar-refractivity contribution in [3.63, 3.8) is 0 Å². The molecule has 0 heterocycles. The first-order valence-corrected chi connectivity index (χ1v) is 5.22. The van der Waals surface area contributed by atoms with Gasteiger partial charge in [-0.3, -0.25) is 4.79 Å². The number of carboxylic acid groups (broad SMARTS) is 1. The summed E-state index contributed by atoms with van der Waals surface area (Å²) in [5.74, 6) is -0.774. The summed E-state index contributed by atoms with van der Waals surface area (Å²) in [6.45, 7) is 1.94. The lowest BCUT2D eigenvalue weighted by molar-refractivity contribution is -0.136. The molecule has 0 spiro atoms. The summed E-state index contributed by atoms with van der Waals surface area (Å²) in [5.41, 5.74) is 1.98. The molecule has 1 rings (SSSR count). The molecule has 0 radical (unpaired) electrons. The van der Waals surface area contributed by atoms with E-state index < -0.39 is 5.97 Å². The first-order valence-electron chi connectivity index (χ1n) is 3.99. The van der Waals surface area contributed by atoms with Crippen LogP contribution in [0.25, 0.3) is 0 Å². The first-order chi connectivity index (χ1) is 6.15. The fraction of sp³-hybridized carbons (Fsp3) is 0.300. The van der Waals surface area contributed by atoms with Gasteiger partial charge in [-0.2, -0.15) is 0 Å². The van der Waals surface area contributed by atoms with E-state index in [1.54, 1.807) is 11.8 Å². The average Bonchev–Trinajstić information content (AvgIpc) is 2.08. The molecule has 0 amide bonds. The quantitative estimate of drug-likeness (QED) is 0.754. The normalized spacial score (nSPS) is 10.0. The number of rotatable bonds is 3. The van der Waals surface area contributed by atoms with E-state index in [0.717, 1.165) is 16.0 Å². The van der Waals surface area contributed by atoms with E-state index in [2.05, 4.69) is 0 Å². The molecule has 0 fully saturated rings. The van der Waals surface area contributed by atoms with Crippen LogP contribution in [-0.2, 0) is 11.2 Å². The van der Waals surface area contributed by atoms with Gasteiger partial charge in [-0.25, -0.2) is 0 Å². The third kappa shape index (κ3) is 2.49. The molecule has 0 bridgehead atoms. The minimum absolute atomic E-state index is 0.114. The number of benzene rings is 1. The van der Waals surface area contributed by atoms with Crippen LogP contribution in [0.4, 0.5) is 0 Å². The Bertz CT molecular complexity index is 321. The number of hydrogen-bond acceptors (Lipinski definition) is 2. The lowest BCUT2D eigenvalue weighted by atomic mass is 10.1. The molecular formula is C10H12O2S. The van der Waals surface area contributed by atoms with E-state index in [9.17, 15) is 4.79 Å². The zero-order valence-electron chi connectivity index (χ0n) is 7.70. The molecule has 0 aliphatic carbocycles. The first kappa shape index (κ1) is 10.1. The molecule has 13 heavy (non-hydrogen) atoms. The standard InChI is InChI=1S/C10H12O2S/c1-7-4-3-5-9(13-2)8(7)6-10(11)12/h3-5H,6H2,1-2H3,(H,11,12). The Morgan fingerprint density at radius 1 is 1.54 bits per heavy atom. The molecule has 1 aromatic rings. The van der Waals surface area contributed by atoms with Crippen molar-refractivity contribution in [2.45, 2.75) is 18.2 Å². The fourth-order valence-corrected chi connectivity index (χ4v) is 1.94. The number of thioether (sulfide) groups is 1. The van der Waals surface area contributed by atoms with Gasteiger partial charge in [0.05, 0.1) is 6.42 Å². The topological polar surface area (TPSA) is 37.3 Å². The summed E-state index contributed by atoms with van der Waals surface area (Å²) in [7, 11) is 0. The van der Waals surface area contributed by atoms with Crippen LogP contribution in [0, 0.1) is 6.92 Å². The van der Waals surface area contributed by atoms with Gasteiger partial charge in [0.2, 0.25) is 0 Å². The SMILES string of the molecule is CSc1cccc(C)c1CC(=O)O. The van der Waals surface area contributed by atoms with Crippen molar-refractivity contribution in [2.24, 2.45) is 0 Å². The van der Waals surface area contributed by atoms with Crippen LogP contribution in [0.5, 0.6) is 0 Å². The van der Waals surface area contributed by atoms with Crippen LogP contribution in [0.2, 0.25) is 0 Å². The van der Waals surface area contributed by atoms with E-state index in [4.69, 9.17) is 5.11 Å². The molecule has 70 valence electrons. The molecule has 0 aromatic heterocycles. The summed E-state index contributed by atoms with van der Waals surface area (Å²) < 4.78 is 0. The van der Waals surface area contributed by atoms with Crippen molar-refractivity contribution < 1.29 is 9.90 Å². The fourth-order valence-electron chi connectivity index (χ4n) is 1.24. The van der Waals surface area contributed by atoms with Crippen molar-refractivity contribution in [1.29, 1.82) is 0 Å².